The van der Waals surface area contributed by atoms with Crippen molar-refractivity contribution in [3.8, 4) is 17.2 Å². The number of benzene rings is 2. The first-order valence-corrected chi connectivity index (χ1v) is 11.2. The van der Waals surface area contributed by atoms with E-state index in [1.807, 2.05) is 18.2 Å². The zero-order chi connectivity index (χ0) is 19.9. The molecule has 0 bridgehead atoms. The fourth-order valence-corrected chi connectivity index (χ4v) is 4.08. The van der Waals surface area contributed by atoms with Gasteiger partial charge in [0.1, 0.15) is 6.07 Å². The number of nitrogens with one attached hydrogen (secondary N) is 1. The lowest BCUT2D eigenvalue weighted by atomic mass is 10.0. The van der Waals surface area contributed by atoms with Crippen LogP contribution in [0.2, 0.25) is 0 Å². The summed E-state index contributed by atoms with van der Waals surface area (Å²) in [5.41, 5.74) is 4.05. The Morgan fingerprint density at radius 3 is 2.43 bits per heavy atom. The minimum atomic E-state index is -3.21. The Bertz CT molecular complexity index is 1190. The van der Waals surface area contributed by atoms with E-state index >= 15 is 0 Å². The third-order valence-corrected chi connectivity index (χ3v) is 6.43. The van der Waals surface area contributed by atoms with Crippen molar-refractivity contribution in [3.63, 3.8) is 0 Å². The van der Waals surface area contributed by atoms with E-state index in [-0.39, 0.29) is 0 Å². The van der Waals surface area contributed by atoms with Gasteiger partial charge in [-0.25, -0.2) is 8.42 Å². The van der Waals surface area contributed by atoms with E-state index in [0.717, 1.165) is 27.7 Å². The molecule has 1 aliphatic rings. The van der Waals surface area contributed by atoms with Gasteiger partial charge in [-0.15, -0.1) is 0 Å². The number of pyridine rings is 1. The maximum absolute atomic E-state index is 11.7. The number of fused-ring (bicyclic) bond motifs is 1. The summed E-state index contributed by atoms with van der Waals surface area (Å²) >= 11 is 0. The predicted molar refractivity (Wildman–Crippen MR) is 111 cm³/mol. The summed E-state index contributed by atoms with van der Waals surface area (Å²) in [6.45, 7) is 2.16. The Morgan fingerprint density at radius 1 is 1.14 bits per heavy atom. The van der Waals surface area contributed by atoms with Crippen LogP contribution < -0.4 is 5.32 Å². The number of rotatable bonds is 5. The van der Waals surface area contributed by atoms with Crippen molar-refractivity contribution >= 4 is 26.4 Å². The van der Waals surface area contributed by atoms with Crippen LogP contribution in [0.25, 0.3) is 22.0 Å². The normalized spacial score (nSPS) is 15.2. The predicted octanol–water partition coefficient (Wildman–Crippen LogP) is 4.39. The Hall–Kier alpha value is -2.91. The second-order valence-electron chi connectivity index (χ2n) is 7.46. The highest BCUT2D eigenvalue weighted by molar-refractivity contribution is 7.90. The Labute approximate surface area is 165 Å². The lowest BCUT2D eigenvalue weighted by Crippen LogP contribution is -2.18. The van der Waals surface area contributed by atoms with E-state index in [0.29, 0.717) is 22.4 Å². The average Bonchev–Trinajstić information content (AvgIpc) is 3.52. The Balaban J connectivity index is 1.74. The largest absolute Gasteiger partial charge is 0.381 e. The molecule has 0 radical (unpaired) electrons. The molecule has 0 unspecified atom stereocenters. The molecule has 0 spiro atoms. The van der Waals surface area contributed by atoms with Crippen molar-refractivity contribution in [2.75, 3.05) is 11.6 Å². The van der Waals surface area contributed by atoms with Gasteiger partial charge in [0.25, 0.3) is 0 Å². The number of nitrogens with zero attached hydrogens (tertiary/aromatic N) is 2. The van der Waals surface area contributed by atoms with Crippen molar-refractivity contribution in [2.45, 2.75) is 30.7 Å². The zero-order valence-electron chi connectivity index (χ0n) is 15.8. The van der Waals surface area contributed by atoms with E-state index in [1.54, 1.807) is 30.5 Å². The maximum Gasteiger partial charge on any atom is 0.175 e. The number of sulfone groups is 1. The van der Waals surface area contributed by atoms with Crippen LogP contribution in [0, 0.1) is 17.2 Å². The van der Waals surface area contributed by atoms with Gasteiger partial charge in [-0.05, 0) is 55.0 Å². The van der Waals surface area contributed by atoms with Crippen molar-refractivity contribution < 1.29 is 8.42 Å². The third kappa shape index (κ3) is 3.58. The van der Waals surface area contributed by atoms with Gasteiger partial charge in [0.05, 0.1) is 21.7 Å². The highest BCUT2D eigenvalue weighted by atomic mass is 32.2. The molecule has 0 saturated heterocycles. The summed E-state index contributed by atoms with van der Waals surface area (Å²) in [5.74, 6) is 0.669. The van der Waals surface area contributed by atoms with Crippen molar-refractivity contribution in [3.05, 3.63) is 54.2 Å². The van der Waals surface area contributed by atoms with Crippen LogP contribution in [0.15, 0.2) is 53.6 Å². The number of anilines is 1. The molecule has 142 valence electrons. The van der Waals surface area contributed by atoms with Crippen LogP contribution in [0.5, 0.6) is 0 Å². The molecule has 1 aromatic heterocycles. The first-order chi connectivity index (χ1) is 13.4. The second-order valence-corrected chi connectivity index (χ2v) is 9.47. The van der Waals surface area contributed by atoms with Crippen molar-refractivity contribution in [1.82, 2.24) is 4.98 Å². The molecular weight excluding hydrogens is 370 g/mol. The third-order valence-electron chi connectivity index (χ3n) is 5.31. The summed E-state index contributed by atoms with van der Waals surface area (Å²) in [5, 5.41) is 13.9. The topological polar surface area (TPSA) is 82.8 Å². The van der Waals surface area contributed by atoms with Gasteiger partial charge in [0, 0.05) is 23.9 Å². The summed E-state index contributed by atoms with van der Waals surface area (Å²) < 4.78 is 23.3. The van der Waals surface area contributed by atoms with Crippen LogP contribution >= 0.6 is 0 Å². The number of aromatic nitrogens is 1. The lowest BCUT2D eigenvalue weighted by molar-refractivity contribution is 0.602. The molecule has 5 nitrogen and oxygen atoms in total. The average molecular weight is 391 g/mol. The van der Waals surface area contributed by atoms with E-state index in [4.69, 9.17) is 0 Å². The molecule has 1 aliphatic carbocycles. The van der Waals surface area contributed by atoms with E-state index in [9.17, 15) is 13.7 Å². The number of hydrogen-bond acceptors (Lipinski definition) is 5. The standard InChI is InChI=1S/C22H21N3O2S/c1-14(15-3-4-15)25-22-18(12-23)13-24-21-11-17(7-10-20(21)22)16-5-8-19(9-6-16)28(2,26)27/h5-11,13-15H,3-4H2,1-2H3,(H,24,25)/t14-/m1/s1. The number of hydrogen-bond donors (Lipinski definition) is 1. The van der Waals surface area contributed by atoms with Gasteiger partial charge >= 0.3 is 0 Å². The first-order valence-electron chi connectivity index (χ1n) is 9.27. The van der Waals surface area contributed by atoms with Crippen molar-refractivity contribution in [1.29, 1.82) is 5.26 Å². The summed E-state index contributed by atoms with van der Waals surface area (Å²) in [7, 11) is -3.21. The molecule has 3 aromatic rings. The fraction of sp³-hybridized carbons (Fsp3) is 0.273. The Kier molecular flexibility index (Phi) is 4.56. The Morgan fingerprint density at radius 2 is 1.82 bits per heavy atom. The van der Waals surface area contributed by atoms with Crippen LogP contribution in [0.4, 0.5) is 5.69 Å². The minimum absolute atomic E-state index is 0.300. The molecular formula is C22H21N3O2S. The second kappa shape index (κ2) is 6.92. The lowest BCUT2D eigenvalue weighted by Gasteiger charge is -2.17. The first kappa shape index (κ1) is 18.5. The van der Waals surface area contributed by atoms with Crippen molar-refractivity contribution in [2.24, 2.45) is 5.92 Å². The quantitative estimate of drug-likeness (QED) is 0.697. The smallest absolute Gasteiger partial charge is 0.175 e. The summed E-state index contributed by atoms with van der Waals surface area (Å²) in [6.07, 6.45) is 5.27. The summed E-state index contributed by atoms with van der Waals surface area (Å²) in [4.78, 5) is 4.77. The molecule has 2 aromatic carbocycles. The van der Waals surface area contributed by atoms with Gasteiger partial charge in [-0.3, -0.25) is 4.98 Å². The molecule has 0 amide bonds. The van der Waals surface area contributed by atoms with Gasteiger partial charge < -0.3 is 5.32 Å². The minimum Gasteiger partial charge on any atom is -0.381 e. The van der Waals surface area contributed by atoms with Crippen LogP contribution in [0.1, 0.15) is 25.3 Å². The van der Waals surface area contributed by atoms with Crippen LogP contribution in [-0.4, -0.2) is 25.7 Å². The molecule has 0 aliphatic heterocycles. The zero-order valence-corrected chi connectivity index (χ0v) is 16.6. The molecule has 1 atom stereocenters. The molecule has 28 heavy (non-hydrogen) atoms. The highest BCUT2D eigenvalue weighted by Gasteiger charge is 2.28. The number of nitriles is 1. The van der Waals surface area contributed by atoms with E-state index < -0.39 is 9.84 Å². The van der Waals surface area contributed by atoms with Gasteiger partial charge in [-0.1, -0.05) is 24.3 Å². The highest BCUT2D eigenvalue weighted by Crippen LogP contribution is 2.36. The SMILES string of the molecule is C[C@@H](Nc1c(C#N)cnc2cc(-c3ccc(S(C)(=O)=O)cc3)ccc12)C1CC1. The van der Waals surface area contributed by atoms with Crippen LogP contribution in [-0.2, 0) is 9.84 Å². The molecule has 4 rings (SSSR count). The molecule has 6 heteroatoms. The molecule has 1 heterocycles. The van der Waals surface area contributed by atoms with Gasteiger partial charge in [0.15, 0.2) is 9.84 Å². The molecule has 1 fully saturated rings. The monoisotopic (exact) mass is 391 g/mol. The van der Waals surface area contributed by atoms with E-state index in [2.05, 4.69) is 23.3 Å². The molecule has 1 saturated carbocycles. The molecule has 1 N–H and O–H groups in total. The van der Waals surface area contributed by atoms with Crippen LogP contribution in [0.3, 0.4) is 0 Å². The van der Waals surface area contributed by atoms with E-state index in [1.165, 1.54) is 19.1 Å². The maximum atomic E-state index is 11.7. The summed E-state index contributed by atoms with van der Waals surface area (Å²) in [6, 6.07) is 15.3. The van der Waals surface area contributed by atoms with Gasteiger partial charge in [-0.2, -0.15) is 5.26 Å². The fourth-order valence-electron chi connectivity index (χ4n) is 3.45. The van der Waals surface area contributed by atoms with Gasteiger partial charge in [0.2, 0.25) is 0 Å².